The largest absolute Gasteiger partial charge is 0.495 e. The Morgan fingerprint density at radius 3 is 2.29 bits per heavy atom. The average molecular weight is 334 g/mol. The number of carbonyl (C=O) groups excluding carboxylic acids is 1. The number of nitrogens with two attached hydrogens (primary N) is 1. The van der Waals surface area contributed by atoms with E-state index in [0.29, 0.717) is 11.0 Å². The van der Waals surface area contributed by atoms with Gasteiger partial charge < -0.3 is 19.8 Å². The molecular weight excluding hydrogens is 307 g/mol. The fourth-order valence-electron chi connectivity index (χ4n) is 2.35. The molecular formula is C17H27BN2O4. The van der Waals surface area contributed by atoms with Crippen LogP contribution in [0.5, 0.6) is 0 Å². The first-order valence-corrected chi connectivity index (χ1v) is 8.12. The Bertz CT molecular complexity index is 609. The molecule has 0 bridgehead atoms. The van der Waals surface area contributed by atoms with Gasteiger partial charge >= 0.3 is 13.1 Å². The molecule has 1 unspecified atom stereocenters. The topological polar surface area (TPSA) is 83.7 Å². The first-order chi connectivity index (χ1) is 10.8. The Kier molecular flexibility index (Phi) is 4.83. The van der Waals surface area contributed by atoms with Crippen molar-refractivity contribution >= 4 is 18.6 Å². The fourth-order valence-corrected chi connectivity index (χ4v) is 2.35. The first kappa shape index (κ1) is 18.9. The quantitative estimate of drug-likeness (QED) is 0.669. The van der Waals surface area contributed by atoms with Gasteiger partial charge in [0.15, 0.2) is 0 Å². The zero-order chi connectivity index (χ0) is 18.3. The van der Waals surface area contributed by atoms with Crippen LogP contribution in [0.15, 0.2) is 18.5 Å². The van der Waals surface area contributed by atoms with Gasteiger partial charge in [0.2, 0.25) is 0 Å². The van der Waals surface area contributed by atoms with Gasteiger partial charge in [-0.15, -0.1) is 0 Å². The number of esters is 1. The molecule has 0 spiro atoms. The molecule has 1 fully saturated rings. The zero-order valence-corrected chi connectivity index (χ0v) is 15.5. The number of aromatic nitrogens is 1. The maximum Gasteiger partial charge on any atom is 0.495 e. The molecule has 24 heavy (non-hydrogen) atoms. The highest BCUT2D eigenvalue weighted by Crippen LogP contribution is 2.36. The van der Waals surface area contributed by atoms with Crippen LogP contribution >= 0.6 is 0 Å². The third-order valence-electron chi connectivity index (χ3n) is 4.39. The number of hydrogen-bond donors (Lipinski definition) is 1. The van der Waals surface area contributed by atoms with Crippen molar-refractivity contribution in [1.29, 1.82) is 0 Å². The van der Waals surface area contributed by atoms with Crippen LogP contribution in [-0.4, -0.2) is 34.9 Å². The van der Waals surface area contributed by atoms with Crippen LogP contribution in [0.2, 0.25) is 0 Å². The Morgan fingerprint density at radius 1 is 1.25 bits per heavy atom. The molecule has 0 amide bonds. The molecule has 1 aromatic heterocycles. The highest BCUT2D eigenvalue weighted by atomic mass is 16.7. The number of ether oxygens (including phenoxy) is 1. The van der Waals surface area contributed by atoms with Crippen molar-refractivity contribution in [1.82, 2.24) is 4.98 Å². The first-order valence-electron chi connectivity index (χ1n) is 8.12. The van der Waals surface area contributed by atoms with E-state index < -0.39 is 35.9 Å². The minimum Gasteiger partial charge on any atom is -0.459 e. The molecule has 2 rings (SSSR count). The van der Waals surface area contributed by atoms with Crippen molar-refractivity contribution in [3.8, 4) is 0 Å². The number of carbonyl (C=O) groups is 1. The van der Waals surface area contributed by atoms with Gasteiger partial charge in [0.1, 0.15) is 11.6 Å². The van der Waals surface area contributed by atoms with E-state index in [1.54, 1.807) is 39.2 Å². The monoisotopic (exact) mass is 334 g/mol. The Balaban J connectivity index is 2.31. The van der Waals surface area contributed by atoms with E-state index in [1.807, 2.05) is 27.7 Å². The zero-order valence-electron chi connectivity index (χ0n) is 15.5. The van der Waals surface area contributed by atoms with Gasteiger partial charge in [-0.1, -0.05) is 0 Å². The lowest BCUT2D eigenvalue weighted by Crippen LogP contribution is -2.41. The minimum absolute atomic E-state index is 0.478. The Hall–Kier alpha value is -1.44. The summed E-state index contributed by atoms with van der Waals surface area (Å²) < 4.78 is 17.5. The van der Waals surface area contributed by atoms with E-state index in [1.165, 1.54) is 0 Å². The summed E-state index contributed by atoms with van der Waals surface area (Å²) in [5.74, 6) is -0.506. The normalized spacial score (nSPS) is 20.8. The second-order valence-electron chi connectivity index (χ2n) is 8.10. The number of pyridine rings is 1. The third kappa shape index (κ3) is 3.79. The molecule has 1 saturated heterocycles. The number of hydrogen-bond acceptors (Lipinski definition) is 6. The predicted octanol–water partition coefficient (Wildman–Crippen LogP) is 1.72. The van der Waals surface area contributed by atoms with E-state index in [2.05, 4.69) is 4.98 Å². The molecule has 1 atom stereocenters. The van der Waals surface area contributed by atoms with E-state index in [4.69, 9.17) is 19.8 Å². The van der Waals surface area contributed by atoms with Gasteiger partial charge in [0.05, 0.1) is 11.2 Å². The predicted molar refractivity (Wildman–Crippen MR) is 92.7 cm³/mol. The van der Waals surface area contributed by atoms with Crippen molar-refractivity contribution in [2.75, 3.05) is 0 Å². The lowest BCUT2D eigenvalue weighted by atomic mass is 9.75. The van der Waals surface area contributed by atoms with Crippen molar-refractivity contribution < 1.29 is 18.8 Å². The lowest BCUT2D eigenvalue weighted by Gasteiger charge is -2.32. The highest BCUT2D eigenvalue weighted by molar-refractivity contribution is 6.62. The van der Waals surface area contributed by atoms with Crippen LogP contribution in [-0.2, 0) is 18.8 Å². The van der Waals surface area contributed by atoms with Crippen LogP contribution in [0.4, 0.5) is 0 Å². The van der Waals surface area contributed by atoms with Crippen LogP contribution in [0, 0.1) is 0 Å². The molecule has 2 N–H and O–H groups in total. The lowest BCUT2D eigenvalue weighted by molar-refractivity contribution is -0.156. The van der Waals surface area contributed by atoms with Gasteiger partial charge in [0.25, 0.3) is 0 Å². The second kappa shape index (κ2) is 6.13. The molecule has 7 heteroatoms. The maximum atomic E-state index is 12.3. The maximum absolute atomic E-state index is 12.3. The summed E-state index contributed by atoms with van der Waals surface area (Å²) in [4.78, 5) is 16.4. The van der Waals surface area contributed by atoms with Gasteiger partial charge in [-0.2, -0.15) is 0 Å². The molecule has 0 aliphatic carbocycles. The summed E-state index contributed by atoms with van der Waals surface area (Å²) in [5.41, 5.74) is 5.80. The molecule has 1 aromatic rings. The Morgan fingerprint density at radius 2 is 1.79 bits per heavy atom. The SMILES string of the molecule is CC(C)(C)OC(=O)C(N)c1cnccc1B1OC(C)(C)C(C)(C)O1. The van der Waals surface area contributed by atoms with E-state index in [0.717, 1.165) is 0 Å². The third-order valence-corrected chi connectivity index (χ3v) is 4.39. The van der Waals surface area contributed by atoms with Gasteiger partial charge in [-0.3, -0.25) is 4.98 Å². The summed E-state index contributed by atoms with van der Waals surface area (Å²) in [6.07, 6.45) is 3.20. The van der Waals surface area contributed by atoms with Crippen molar-refractivity contribution in [3.05, 3.63) is 24.0 Å². The number of nitrogens with zero attached hydrogens (tertiary/aromatic N) is 1. The molecule has 132 valence electrons. The van der Waals surface area contributed by atoms with E-state index in [9.17, 15) is 4.79 Å². The molecule has 1 aliphatic rings. The van der Waals surface area contributed by atoms with E-state index >= 15 is 0 Å². The molecule has 2 heterocycles. The molecule has 0 saturated carbocycles. The van der Waals surface area contributed by atoms with Crippen LogP contribution in [0.25, 0.3) is 0 Å². The van der Waals surface area contributed by atoms with Crippen LogP contribution in [0.1, 0.15) is 60.1 Å². The Labute approximate surface area is 144 Å². The minimum atomic E-state index is -0.952. The number of rotatable bonds is 3. The summed E-state index contributed by atoms with van der Waals surface area (Å²) in [6.45, 7) is 13.3. The smallest absolute Gasteiger partial charge is 0.459 e. The van der Waals surface area contributed by atoms with Crippen molar-refractivity contribution in [3.63, 3.8) is 0 Å². The van der Waals surface area contributed by atoms with Crippen LogP contribution in [0.3, 0.4) is 0 Å². The summed E-state index contributed by atoms with van der Waals surface area (Å²) in [6, 6.07) is 0.814. The molecule has 6 nitrogen and oxygen atoms in total. The highest BCUT2D eigenvalue weighted by Gasteiger charge is 2.52. The summed E-state index contributed by atoms with van der Waals surface area (Å²) in [7, 11) is -0.610. The van der Waals surface area contributed by atoms with Gasteiger partial charge in [-0.05, 0) is 65.6 Å². The summed E-state index contributed by atoms with van der Waals surface area (Å²) >= 11 is 0. The summed E-state index contributed by atoms with van der Waals surface area (Å²) in [5, 5.41) is 0. The van der Waals surface area contributed by atoms with Crippen molar-refractivity contribution in [2.24, 2.45) is 5.73 Å². The standard InChI is InChI=1S/C17H27BN2O4/c1-15(2,3)22-14(21)13(19)11-10-20-9-8-12(11)18-23-16(4,5)17(6,7)24-18/h8-10,13H,19H2,1-7H3. The molecule has 0 aromatic carbocycles. The average Bonchev–Trinajstić information content (AvgIpc) is 2.64. The molecule has 1 aliphatic heterocycles. The fraction of sp³-hybridized carbons (Fsp3) is 0.647. The van der Waals surface area contributed by atoms with E-state index in [-0.39, 0.29) is 0 Å². The molecule has 0 radical (unpaired) electrons. The van der Waals surface area contributed by atoms with Gasteiger partial charge in [0, 0.05) is 12.4 Å². The van der Waals surface area contributed by atoms with Crippen molar-refractivity contribution in [2.45, 2.75) is 71.3 Å². The second-order valence-corrected chi connectivity index (χ2v) is 8.10. The van der Waals surface area contributed by atoms with Crippen LogP contribution < -0.4 is 11.2 Å². The van der Waals surface area contributed by atoms with Gasteiger partial charge in [-0.25, -0.2) is 4.79 Å².